The minimum absolute atomic E-state index is 0.207. The Morgan fingerprint density at radius 3 is 2.60 bits per heavy atom. The van der Waals surface area contributed by atoms with E-state index in [1.807, 2.05) is 0 Å². The summed E-state index contributed by atoms with van der Waals surface area (Å²) in [6.45, 7) is 2.20. The highest BCUT2D eigenvalue weighted by Gasteiger charge is 2.59. The quantitative estimate of drug-likeness (QED) is 0.372. The lowest BCUT2D eigenvalue weighted by molar-refractivity contribution is -0.153. The molecule has 15 heavy (non-hydrogen) atoms. The van der Waals surface area contributed by atoms with E-state index in [2.05, 4.69) is 23.8 Å². The minimum Gasteiger partial charge on any atom is -0.393 e. The molecule has 3 nitrogen and oxygen atoms in total. The predicted octanol–water partition coefficient (Wildman–Crippen LogP) is 1.68. The van der Waals surface area contributed by atoms with E-state index >= 15 is 0 Å². The molecule has 0 N–H and O–H groups in total. The molecular weight excluding hydrogens is 192 g/mol. The van der Waals surface area contributed by atoms with E-state index in [9.17, 15) is 9.59 Å². The first kappa shape index (κ1) is 9.13. The maximum absolute atomic E-state index is 11.5. The van der Waals surface area contributed by atoms with Crippen molar-refractivity contribution in [2.45, 2.75) is 26.2 Å². The van der Waals surface area contributed by atoms with Crippen molar-refractivity contribution in [1.82, 2.24) is 0 Å². The Morgan fingerprint density at radius 1 is 1.33 bits per heavy atom. The Kier molecular flexibility index (Phi) is 1.65. The molecule has 80 valence electrons. The molecule has 3 atom stereocenters. The Morgan fingerprint density at radius 2 is 2.07 bits per heavy atom. The SMILES string of the molecule is C[C@@H]1C=C[C@H]([C@H]2CC(=O)OC2=O)C12CC2. The van der Waals surface area contributed by atoms with Gasteiger partial charge in [0.2, 0.25) is 0 Å². The van der Waals surface area contributed by atoms with E-state index in [1.54, 1.807) is 0 Å². The first-order chi connectivity index (χ1) is 7.13. The van der Waals surface area contributed by atoms with Gasteiger partial charge in [-0.05, 0) is 30.1 Å². The summed E-state index contributed by atoms with van der Waals surface area (Å²) in [4.78, 5) is 22.6. The van der Waals surface area contributed by atoms with Gasteiger partial charge in [0.25, 0.3) is 0 Å². The number of carbonyl (C=O) groups is 2. The summed E-state index contributed by atoms with van der Waals surface area (Å²) in [6.07, 6.45) is 6.96. The summed E-state index contributed by atoms with van der Waals surface area (Å²) in [5, 5.41) is 0. The summed E-state index contributed by atoms with van der Waals surface area (Å²) >= 11 is 0. The average molecular weight is 206 g/mol. The topological polar surface area (TPSA) is 43.4 Å². The minimum atomic E-state index is -0.353. The first-order valence-corrected chi connectivity index (χ1v) is 5.56. The zero-order valence-corrected chi connectivity index (χ0v) is 8.73. The molecule has 0 aromatic rings. The maximum Gasteiger partial charge on any atom is 0.317 e. The second-order valence-electron chi connectivity index (χ2n) is 5.04. The largest absolute Gasteiger partial charge is 0.393 e. The standard InChI is InChI=1S/C12H14O3/c1-7-2-3-9(12(7)4-5-12)8-6-10(13)15-11(8)14/h2-3,7-9H,4-6H2,1H3/t7-,8-,9-/m1/s1. The zero-order chi connectivity index (χ0) is 10.6. The van der Waals surface area contributed by atoms with Crippen molar-refractivity contribution in [3.8, 4) is 0 Å². The van der Waals surface area contributed by atoms with Crippen molar-refractivity contribution >= 4 is 11.9 Å². The van der Waals surface area contributed by atoms with Crippen molar-refractivity contribution in [2.24, 2.45) is 23.2 Å². The molecule has 0 aromatic carbocycles. The number of hydrogen-bond acceptors (Lipinski definition) is 3. The third-order valence-electron chi connectivity index (χ3n) is 4.34. The fourth-order valence-electron chi connectivity index (χ4n) is 3.21. The van der Waals surface area contributed by atoms with E-state index in [0.717, 1.165) is 0 Å². The second-order valence-corrected chi connectivity index (χ2v) is 5.04. The molecule has 1 saturated heterocycles. The van der Waals surface area contributed by atoms with Gasteiger partial charge in [0.05, 0.1) is 12.3 Å². The molecule has 2 aliphatic carbocycles. The predicted molar refractivity (Wildman–Crippen MR) is 52.7 cm³/mol. The van der Waals surface area contributed by atoms with Gasteiger partial charge in [0.15, 0.2) is 0 Å². The molecule has 1 saturated carbocycles. The smallest absolute Gasteiger partial charge is 0.317 e. The van der Waals surface area contributed by atoms with Crippen LogP contribution in [0.4, 0.5) is 0 Å². The summed E-state index contributed by atoms with van der Waals surface area (Å²) in [5.74, 6) is -0.0811. The average Bonchev–Trinajstić information content (AvgIpc) is 2.82. The zero-order valence-electron chi connectivity index (χ0n) is 8.73. The fraction of sp³-hybridized carbons (Fsp3) is 0.667. The van der Waals surface area contributed by atoms with Crippen LogP contribution < -0.4 is 0 Å². The highest BCUT2D eigenvalue weighted by molar-refractivity contribution is 5.95. The normalized spacial score (nSPS) is 41.3. The van der Waals surface area contributed by atoms with Crippen LogP contribution in [0, 0.1) is 23.2 Å². The molecule has 0 radical (unpaired) electrons. The molecule has 3 heteroatoms. The van der Waals surface area contributed by atoms with E-state index in [1.165, 1.54) is 12.8 Å². The number of carbonyl (C=O) groups excluding carboxylic acids is 2. The van der Waals surface area contributed by atoms with Crippen molar-refractivity contribution in [1.29, 1.82) is 0 Å². The molecule has 3 rings (SSSR count). The van der Waals surface area contributed by atoms with Gasteiger partial charge in [-0.2, -0.15) is 0 Å². The molecule has 0 aromatic heterocycles. The number of rotatable bonds is 1. The fourth-order valence-corrected chi connectivity index (χ4v) is 3.21. The van der Waals surface area contributed by atoms with Crippen molar-refractivity contribution in [2.75, 3.05) is 0 Å². The Hall–Kier alpha value is -1.12. The Bertz CT molecular complexity index is 365. The van der Waals surface area contributed by atoms with Gasteiger partial charge in [0, 0.05) is 0 Å². The lowest BCUT2D eigenvalue weighted by Gasteiger charge is -2.24. The van der Waals surface area contributed by atoms with Crippen LogP contribution in [0.5, 0.6) is 0 Å². The van der Waals surface area contributed by atoms with Gasteiger partial charge in [-0.15, -0.1) is 0 Å². The summed E-state index contributed by atoms with van der Waals surface area (Å²) in [6, 6.07) is 0. The summed E-state index contributed by atoms with van der Waals surface area (Å²) in [5.41, 5.74) is 0.286. The third-order valence-corrected chi connectivity index (χ3v) is 4.34. The van der Waals surface area contributed by atoms with Gasteiger partial charge in [-0.1, -0.05) is 19.1 Å². The van der Waals surface area contributed by atoms with E-state index < -0.39 is 0 Å². The molecule has 3 aliphatic rings. The summed E-state index contributed by atoms with van der Waals surface area (Å²) < 4.78 is 4.63. The maximum atomic E-state index is 11.5. The van der Waals surface area contributed by atoms with Crippen LogP contribution in [-0.2, 0) is 14.3 Å². The van der Waals surface area contributed by atoms with E-state index in [-0.39, 0.29) is 35.6 Å². The Balaban J connectivity index is 1.87. The molecule has 0 bridgehead atoms. The molecule has 1 aliphatic heterocycles. The van der Waals surface area contributed by atoms with Crippen LogP contribution in [-0.4, -0.2) is 11.9 Å². The van der Waals surface area contributed by atoms with Crippen LogP contribution in [0.1, 0.15) is 26.2 Å². The van der Waals surface area contributed by atoms with Gasteiger partial charge in [0.1, 0.15) is 0 Å². The van der Waals surface area contributed by atoms with Crippen LogP contribution in [0.15, 0.2) is 12.2 Å². The van der Waals surface area contributed by atoms with Gasteiger partial charge < -0.3 is 4.74 Å². The Labute approximate surface area is 88.5 Å². The van der Waals surface area contributed by atoms with Crippen LogP contribution in [0.2, 0.25) is 0 Å². The summed E-state index contributed by atoms with van der Waals surface area (Å²) in [7, 11) is 0. The molecular formula is C12H14O3. The highest BCUT2D eigenvalue weighted by Crippen LogP contribution is 2.64. The van der Waals surface area contributed by atoms with Crippen LogP contribution >= 0.6 is 0 Å². The lowest BCUT2D eigenvalue weighted by atomic mass is 9.77. The third kappa shape index (κ3) is 1.12. The van der Waals surface area contributed by atoms with Crippen LogP contribution in [0.3, 0.4) is 0 Å². The molecule has 0 unspecified atom stereocenters. The molecule has 1 heterocycles. The monoisotopic (exact) mass is 206 g/mol. The van der Waals surface area contributed by atoms with Gasteiger partial charge in [-0.3, -0.25) is 9.59 Å². The number of hydrogen-bond donors (Lipinski definition) is 0. The van der Waals surface area contributed by atoms with Gasteiger partial charge >= 0.3 is 11.9 Å². The van der Waals surface area contributed by atoms with Crippen molar-refractivity contribution < 1.29 is 14.3 Å². The van der Waals surface area contributed by atoms with Crippen LogP contribution in [0.25, 0.3) is 0 Å². The lowest BCUT2D eigenvalue weighted by Crippen LogP contribution is -2.26. The molecule has 2 fully saturated rings. The van der Waals surface area contributed by atoms with Crippen molar-refractivity contribution in [3.05, 3.63) is 12.2 Å². The van der Waals surface area contributed by atoms with Gasteiger partial charge in [-0.25, -0.2) is 0 Å². The first-order valence-electron chi connectivity index (χ1n) is 5.56. The van der Waals surface area contributed by atoms with E-state index in [0.29, 0.717) is 5.92 Å². The number of allylic oxidation sites excluding steroid dienone is 2. The molecule has 0 amide bonds. The van der Waals surface area contributed by atoms with Crippen molar-refractivity contribution in [3.63, 3.8) is 0 Å². The van der Waals surface area contributed by atoms with E-state index in [4.69, 9.17) is 0 Å². The second kappa shape index (κ2) is 2.71. The number of esters is 2. The number of ether oxygens (including phenoxy) is 1. The molecule has 1 spiro atoms. The number of cyclic esters (lactones) is 2. The highest BCUT2D eigenvalue weighted by atomic mass is 16.6.